The van der Waals surface area contributed by atoms with E-state index >= 15 is 0 Å². The second-order valence-electron chi connectivity index (χ2n) is 6.54. The number of rotatable bonds is 6. The standard InChI is InChI=1S/C23H22FN3O2/c1-3-15-7-5-8-16(4-2)21(15)27-23(29)18-11-17(13-25-14-18)22(28)26-20-10-6-9-19(24)12-20/h5-14H,3-4H2,1-2H3,(H,26,28)(H,27,29). The molecule has 3 aromatic rings. The molecule has 0 aliphatic rings. The summed E-state index contributed by atoms with van der Waals surface area (Å²) in [5.74, 6) is -1.26. The van der Waals surface area contributed by atoms with E-state index in [1.165, 1.54) is 36.7 Å². The molecule has 1 heterocycles. The van der Waals surface area contributed by atoms with Crippen LogP contribution in [0, 0.1) is 5.82 Å². The summed E-state index contributed by atoms with van der Waals surface area (Å²) >= 11 is 0. The summed E-state index contributed by atoms with van der Waals surface area (Å²) in [6.07, 6.45) is 4.35. The Kier molecular flexibility index (Phi) is 6.34. The van der Waals surface area contributed by atoms with Gasteiger partial charge in [-0.3, -0.25) is 14.6 Å². The van der Waals surface area contributed by atoms with E-state index in [-0.39, 0.29) is 17.0 Å². The first-order chi connectivity index (χ1) is 14.0. The van der Waals surface area contributed by atoms with Crippen LogP contribution in [0.15, 0.2) is 60.9 Å². The predicted octanol–water partition coefficient (Wildman–Crippen LogP) is 4.85. The van der Waals surface area contributed by atoms with Crippen LogP contribution in [0.25, 0.3) is 0 Å². The summed E-state index contributed by atoms with van der Waals surface area (Å²) in [5, 5.41) is 5.56. The third-order valence-corrected chi connectivity index (χ3v) is 4.58. The fourth-order valence-corrected chi connectivity index (χ4v) is 3.05. The van der Waals surface area contributed by atoms with Crippen LogP contribution in [-0.2, 0) is 12.8 Å². The van der Waals surface area contributed by atoms with Crippen LogP contribution < -0.4 is 10.6 Å². The van der Waals surface area contributed by atoms with Gasteiger partial charge in [-0.1, -0.05) is 38.1 Å². The van der Waals surface area contributed by atoms with Crippen LogP contribution in [0.2, 0.25) is 0 Å². The van der Waals surface area contributed by atoms with Crippen molar-refractivity contribution in [3.63, 3.8) is 0 Å². The van der Waals surface area contributed by atoms with Gasteiger partial charge in [-0.15, -0.1) is 0 Å². The molecule has 5 nitrogen and oxygen atoms in total. The van der Waals surface area contributed by atoms with Crippen molar-refractivity contribution in [3.05, 3.63) is 89.0 Å². The van der Waals surface area contributed by atoms with Gasteiger partial charge in [0.05, 0.1) is 11.1 Å². The van der Waals surface area contributed by atoms with E-state index in [9.17, 15) is 14.0 Å². The molecule has 0 radical (unpaired) electrons. The highest BCUT2D eigenvalue weighted by molar-refractivity contribution is 6.08. The van der Waals surface area contributed by atoms with Gasteiger partial charge in [0.2, 0.25) is 0 Å². The van der Waals surface area contributed by atoms with Crippen molar-refractivity contribution in [1.82, 2.24) is 4.98 Å². The zero-order valence-corrected chi connectivity index (χ0v) is 16.3. The quantitative estimate of drug-likeness (QED) is 0.631. The number of nitrogens with one attached hydrogen (secondary N) is 2. The third-order valence-electron chi connectivity index (χ3n) is 4.58. The van der Waals surface area contributed by atoms with E-state index in [4.69, 9.17) is 0 Å². The Morgan fingerprint density at radius 2 is 1.45 bits per heavy atom. The Balaban J connectivity index is 1.81. The van der Waals surface area contributed by atoms with Crippen molar-refractivity contribution in [2.24, 2.45) is 0 Å². The molecule has 0 aliphatic carbocycles. The monoisotopic (exact) mass is 391 g/mol. The molecule has 0 saturated heterocycles. The Morgan fingerprint density at radius 1 is 0.862 bits per heavy atom. The van der Waals surface area contributed by atoms with Crippen molar-refractivity contribution in [3.8, 4) is 0 Å². The topological polar surface area (TPSA) is 71.1 Å². The number of benzene rings is 2. The summed E-state index contributed by atoms with van der Waals surface area (Å²) in [7, 11) is 0. The Bertz CT molecular complexity index is 1030. The van der Waals surface area contributed by atoms with Crippen LogP contribution in [0.5, 0.6) is 0 Å². The van der Waals surface area contributed by atoms with Crippen LogP contribution in [-0.4, -0.2) is 16.8 Å². The van der Waals surface area contributed by atoms with E-state index in [0.717, 1.165) is 29.7 Å². The summed E-state index contributed by atoms with van der Waals surface area (Å²) in [5.41, 5.74) is 3.70. The molecule has 0 spiro atoms. The highest BCUT2D eigenvalue weighted by atomic mass is 19.1. The normalized spacial score (nSPS) is 10.4. The average Bonchev–Trinajstić information content (AvgIpc) is 2.74. The second kappa shape index (κ2) is 9.10. The van der Waals surface area contributed by atoms with E-state index in [1.54, 1.807) is 6.07 Å². The number of carbonyl (C=O) groups is 2. The maximum Gasteiger partial charge on any atom is 0.257 e. The lowest BCUT2D eigenvalue weighted by molar-refractivity contribution is 0.102. The number of hydrogen-bond acceptors (Lipinski definition) is 3. The lowest BCUT2D eigenvalue weighted by Crippen LogP contribution is -2.17. The largest absolute Gasteiger partial charge is 0.322 e. The first-order valence-electron chi connectivity index (χ1n) is 9.46. The molecule has 0 aliphatic heterocycles. The van der Waals surface area contributed by atoms with Crippen molar-refractivity contribution in [1.29, 1.82) is 0 Å². The van der Waals surface area contributed by atoms with Crippen LogP contribution >= 0.6 is 0 Å². The number of aromatic nitrogens is 1. The fraction of sp³-hybridized carbons (Fsp3) is 0.174. The van der Waals surface area contributed by atoms with Crippen LogP contribution in [0.4, 0.5) is 15.8 Å². The molecule has 2 aromatic carbocycles. The molecule has 29 heavy (non-hydrogen) atoms. The lowest BCUT2D eigenvalue weighted by Gasteiger charge is -2.14. The molecule has 6 heteroatoms. The van der Waals surface area contributed by atoms with Crippen molar-refractivity contribution < 1.29 is 14.0 Å². The summed E-state index contributed by atoms with van der Waals surface area (Å²) in [6.45, 7) is 4.06. The number of hydrogen-bond donors (Lipinski definition) is 2. The van der Waals surface area contributed by atoms with Gasteiger partial charge in [0, 0.05) is 23.8 Å². The van der Waals surface area contributed by atoms with Gasteiger partial charge in [0.15, 0.2) is 0 Å². The van der Waals surface area contributed by atoms with Gasteiger partial charge in [-0.2, -0.15) is 0 Å². The minimum atomic E-state index is -0.471. The average molecular weight is 391 g/mol. The number of carbonyl (C=O) groups excluding carboxylic acids is 2. The van der Waals surface area contributed by atoms with Crippen LogP contribution in [0.1, 0.15) is 45.7 Å². The van der Waals surface area contributed by atoms with Gasteiger partial charge in [-0.05, 0) is 48.2 Å². The summed E-state index contributed by atoms with van der Waals surface area (Å²) in [4.78, 5) is 29.3. The van der Waals surface area contributed by atoms with E-state index < -0.39 is 11.7 Å². The summed E-state index contributed by atoms with van der Waals surface area (Å²) < 4.78 is 13.3. The van der Waals surface area contributed by atoms with Crippen molar-refractivity contribution in [2.75, 3.05) is 10.6 Å². The molecule has 0 saturated carbocycles. The Hall–Kier alpha value is -3.54. The number of pyridine rings is 1. The van der Waals surface area contributed by atoms with E-state index in [0.29, 0.717) is 5.69 Å². The number of anilines is 2. The molecule has 2 amide bonds. The first kappa shape index (κ1) is 20.2. The second-order valence-corrected chi connectivity index (χ2v) is 6.54. The van der Waals surface area contributed by atoms with E-state index in [2.05, 4.69) is 15.6 Å². The van der Waals surface area contributed by atoms with Gasteiger partial charge in [0.1, 0.15) is 5.82 Å². The Morgan fingerprint density at radius 3 is 2.03 bits per heavy atom. The number of aryl methyl sites for hydroxylation is 2. The number of para-hydroxylation sites is 1. The zero-order chi connectivity index (χ0) is 20.8. The molecule has 2 N–H and O–H groups in total. The molecular weight excluding hydrogens is 369 g/mol. The molecular formula is C23H22FN3O2. The SMILES string of the molecule is CCc1cccc(CC)c1NC(=O)c1cncc(C(=O)Nc2cccc(F)c2)c1. The zero-order valence-electron chi connectivity index (χ0n) is 16.3. The molecule has 0 bridgehead atoms. The van der Waals surface area contributed by atoms with Gasteiger partial charge in [-0.25, -0.2) is 4.39 Å². The molecule has 3 rings (SSSR count). The highest BCUT2D eigenvalue weighted by Crippen LogP contribution is 2.23. The highest BCUT2D eigenvalue weighted by Gasteiger charge is 2.15. The molecule has 1 aromatic heterocycles. The van der Waals surface area contributed by atoms with Crippen LogP contribution in [0.3, 0.4) is 0 Å². The first-order valence-corrected chi connectivity index (χ1v) is 9.46. The predicted molar refractivity (Wildman–Crippen MR) is 112 cm³/mol. The summed E-state index contributed by atoms with van der Waals surface area (Å²) in [6, 6.07) is 13.0. The molecule has 0 atom stereocenters. The van der Waals surface area contributed by atoms with Gasteiger partial charge >= 0.3 is 0 Å². The number of nitrogens with zero attached hydrogens (tertiary/aromatic N) is 1. The van der Waals surface area contributed by atoms with Gasteiger partial charge < -0.3 is 10.6 Å². The molecule has 0 unspecified atom stereocenters. The number of halogens is 1. The fourth-order valence-electron chi connectivity index (χ4n) is 3.05. The lowest BCUT2D eigenvalue weighted by atomic mass is 10.0. The maximum absolute atomic E-state index is 13.3. The smallest absolute Gasteiger partial charge is 0.257 e. The van der Waals surface area contributed by atoms with Crippen molar-refractivity contribution in [2.45, 2.75) is 26.7 Å². The molecule has 148 valence electrons. The maximum atomic E-state index is 13.3. The van der Waals surface area contributed by atoms with Crippen molar-refractivity contribution >= 4 is 23.2 Å². The third kappa shape index (κ3) is 4.85. The number of amides is 2. The minimum absolute atomic E-state index is 0.210. The minimum Gasteiger partial charge on any atom is -0.322 e. The Labute approximate surface area is 169 Å². The molecule has 0 fully saturated rings. The van der Waals surface area contributed by atoms with E-state index in [1.807, 2.05) is 32.0 Å². The van der Waals surface area contributed by atoms with Gasteiger partial charge in [0.25, 0.3) is 11.8 Å².